The van der Waals surface area contributed by atoms with Crippen molar-refractivity contribution in [1.29, 1.82) is 0 Å². The number of aromatic nitrogens is 4. The minimum atomic E-state index is 0.608. The molecule has 0 radical (unpaired) electrons. The molecule has 0 bridgehead atoms. The fourth-order valence-corrected chi connectivity index (χ4v) is 6.67. The summed E-state index contributed by atoms with van der Waals surface area (Å²) in [6.45, 7) is 0. The molecule has 7 aromatic carbocycles. The summed E-state index contributed by atoms with van der Waals surface area (Å²) in [6.07, 6.45) is 1.95. The second-order valence-electron chi connectivity index (χ2n) is 13.0. The highest BCUT2D eigenvalue weighted by Gasteiger charge is 2.14. The Balaban J connectivity index is 1.04. The van der Waals surface area contributed by atoms with E-state index in [0.717, 1.165) is 66.7 Å². The van der Waals surface area contributed by atoms with Crippen molar-refractivity contribution in [3.8, 4) is 78.7 Å². The molecule has 5 heteroatoms. The molecule has 0 saturated heterocycles. The van der Waals surface area contributed by atoms with Crippen molar-refractivity contribution in [2.24, 2.45) is 0 Å². The maximum absolute atomic E-state index is 6.10. The fourth-order valence-electron chi connectivity index (χ4n) is 6.67. The SMILES string of the molecule is Nc1cccc(-c2cccc(-c3nc(-c4ccccc4)nc(-c4ccc(-c5ccc6ncc(-c7ccc(-c8ccccc8)cc7)cc6c5)cc4)n3)c2)c1. The first-order chi connectivity index (χ1) is 26.1. The minimum absolute atomic E-state index is 0.608. The molecule has 9 aromatic rings. The van der Waals surface area contributed by atoms with Gasteiger partial charge in [0.15, 0.2) is 17.5 Å². The molecule has 0 aliphatic heterocycles. The van der Waals surface area contributed by atoms with E-state index in [1.165, 1.54) is 11.1 Å². The van der Waals surface area contributed by atoms with Gasteiger partial charge >= 0.3 is 0 Å². The lowest BCUT2D eigenvalue weighted by molar-refractivity contribution is 1.07. The van der Waals surface area contributed by atoms with Crippen molar-refractivity contribution in [2.75, 3.05) is 5.73 Å². The van der Waals surface area contributed by atoms with Crippen LogP contribution in [0.1, 0.15) is 0 Å². The largest absolute Gasteiger partial charge is 0.399 e. The summed E-state index contributed by atoms with van der Waals surface area (Å²) >= 11 is 0. The van der Waals surface area contributed by atoms with Crippen LogP contribution >= 0.6 is 0 Å². The number of anilines is 1. The number of nitrogens with zero attached hydrogens (tertiary/aromatic N) is 4. The molecule has 5 nitrogen and oxygen atoms in total. The predicted octanol–water partition coefficient (Wildman–Crippen LogP) is 11.7. The van der Waals surface area contributed by atoms with Gasteiger partial charge in [0.1, 0.15) is 0 Å². The molecule has 0 aliphatic carbocycles. The smallest absolute Gasteiger partial charge is 0.164 e. The molecule has 0 fully saturated rings. The quantitative estimate of drug-likeness (QED) is 0.170. The van der Waals surface area contributed by atoms with Gasteiger partial charge in [0, 0.05) is 39.5 Å². The van der Waals surface area contributed by atoms with Crippen LogP contribution in [-0.2, 0) is 0 Å². The topological polar surface area (TPSA) is 77.6 Å². The number of nitrogens with two attached hydrogens (primary N) is 1. The van der Waals surface area contributed by atoms with Gasteiger partial charge < -0.3 is 5.73 Å². The van der Waals surface area contributed by atoms with Crippen molar-refractivity contribution in [2.45, 2.75) is 0 Å². The van der Waals surface area contributed by atoms with Crippen molar-refractivity contribution in [1.82, 2.24) is 19.9 Å². The average molecular weight is 680 g/mol. The van der Waals surface area contributed by atoms with Crippen LogP contribution in [0.4, 0.5) is 5.69 Å². The zero-order valence-corrected chi connectivity index (χ0v) is 28.8. The third kappa shape index (κ3) is 6.67. The van der Waals surface area contributed by atoms with E-state index in [1.807, 2.05) is 72.9 Å². The van der Waals surface area contributed by atoms with Crippen LogP contribution in [0, 0.1) is 0 Å². The Morgan fingerprint density at radius 1 is 0.302 bits per heavy atom. The van der Waals surface area contributed by atoms with E-state index in [0.29, 0.717) is 17.5 Å². The third-order valence-electron chi connectivity index (χ3n) is 9.49. The first kappa shape index (κ1) is 31.7. The summed E-state index contributed by atoms with van der Waals surface area (Å²) in [4.78, 5) is 19.7. The Morgan fingerprint density at radius 3 is 1.38 bits per heavy atom. The molecular weight excluding hydrogens is 647 g/mol. The monoisotopic (exact) mass is 679 g/mol. The molecule has 0 spiro atoms. The van der Waals surface area contributed by atoms with Gasteiger partial charge in [0.05, 0.1) is 5.52 Å². The third-order valence-corrected chi connectivity index (χ3v) is 9.49. The van der Waals surface area contributed by atoms with Gasteiger partial charge in [-0.1, -0.05) is 146 Å². The maximum atomic E-state index is 6.10. The lowest BCUT2D eigenvalue weighted by atomic mass is 9.98. The number of fused-ring (bicyclic) bond motifs is 1. The van der Waals surface area contributed by atoms with Gasteiger partial charge in [-0.15, -0.1) is 0 Å². The first-order valence-corrected chi connectivity index (χ1v) is 17.6. The lowest BCUT2D eigenvalue weighted by Crippen LogP contribution is -2.00. The first-order valence-electron chi connectivity index (χ1n) is 17.6. The number of rotatable bonds is 7. The molecule has 0 aliphatic rings. The highest BCUT2D eigenvalue weighted by Crippen LogP contribution is 2.32. The summed E-state index contributed by atoms with van der Waals surface area (Å²) in [5.74, 6) is 1.84. The van der Waals surface area contributed by atoms with Crippen molar-refractivity contribution >= 4 is 16.6 Å². The molecule has 0 atom stereocenters. The van der Waals surface area contributed by atoms with E-state index in [1.54, 1.807) is 0 Å². The molecule has 0 saturated carbocycles. The Labute approximate surface area is 308 Å². The number of pyridine rings is 1. The van der Waals surface area contributed by atoms with Gasteiger partial charge in [0.2, 0.25) is 0 Å². The summed E-state index contributed by atoms with van der Waals surface area (Å²) < 4.78 is 0. The van der Waals surface area contributed by atoms with Gasteiger partial charge in [-0.25, -0.2) is 15.0 Å². The minimum Gasteiger partial charge on any atom is -0.399 e. The van der Waals surface area contributed by atoms with Crippen LogP contribution in [-0.4, -0.2) is 19.9 Å². The number of hydrogen-bond acceptors (Lipinski definition) is 5. The van der Waals surface area contributed by atoms with Gasteiger partial charge in [-0.3, -0.25) is 4.98 Å². The molecule has 2 heterocycles. The van der Waals surface area contributed by atoms with E-state index in [2.05, 4.69) is 115 Å². The Kier molecular flexibility index (Phi) is 8.27. The second kappa shape index (κ2) is 13.8. The Hall–Kier alpha value is -7.24. The predicted molar refractivity (Wildman–Crippen MR) is 218 cm³/mol. The molecular formula is C48H33N5. The van der Waals surface area contributed by atoms with E-state index >= 15 is 0 Å². The molecule has 2 N–H and O–H groups in total. The molecule has 0 amide bonds. The Morgan fingerprint density at radius 2 is 0.717 bits per heavy atom. The maximum Gasteiger partial charge on any atom is 0.164 e. The number of nitrogen functional groups attached to an aromatic ring is 1. The van der Waals surface area contributed by atoms with E-state index in [-0.39, 0.29) is 0 Å². The fraction of sp³-hybridized carbons (Fsp3) is 0. The zero-order valence-electron chi connectivity index (χ0n) is 28.8. The number of hydrogen-bond donors (Lipinski definition) is 1. The van der Waals surface area contributed by atoms with E-state index in [4.69, 9.17) is 25.7 Å². The molecule has 2 aromatic heterocycles. The zero-order chi connectivity index (χ0) is 35.6. The van der Waals surface area contributed by atoms with Crippen LogP contribution in [0.2, 0.25) is 0 Å². The summed E-state index contributed by atoms with van der Waals surface area (Å²) in [5, 5.41) is 1.09. The molecule has 250 valence electrons. The normalized spacial score (nSPS) is 11.1. The standard InChI is InChI=1S/C48H33N5/c49-44-16-8-14-39(30-44)38-13-7-15-41(27-38)48-52-46(36-11-5-2-6-12-36)51-47(53-48)37-23-21-34(22-24-37)40-25-26-45-42(28-40)29-43(31-50-45)35-19-17-33(18-20-35)32-9-3-1-4-10-32/h1-31H,49H2. The average Bonchev–Trinajstić information content (AvgIpc) is 3.24. The molecule has 9 rings (SSSR count). The van der Waals surface area contributed by atoms with Crippen LogP contribution in [0.3, 0.4) is 0 Å². The second-order valence-corrected chi connectivity index (χ2v) is 13.0. The van der Waals surface area contributed by atoms with Crippen LogP contribution in [0.5, 0.6) is 0 Å². The Bertz CT molecular complexity index is 2710. The van der Waals surface area contributed by atoms with E-state index < -0.39 is 0 Å². The van der Waals surface area contributed by atoms with Crippen molar-refractivity contribution in [3.63, 3.8) is 0 Å². The highest BCUT2D eigenvalue weighted by molar-refractivity contribution is 5.88. The number of benzene rings is 7. The lowest BCUT2D eigenvalue weighted by Gasteiger charge is -2.11. The molecule has 0 unspecified atom stereocenters. The van der Waals surface area contributed by atoms with Crippen LogP contribution in [0.25, 0.3) is 89.6 Å². The highest BCUT2D eigenvalue weighted by atomic mass is 15.0. The van der Waals surface area contributed by atoms with E-state index in [9.17, 15) is 0 Å². The van der Waals surface area contributed by atoms with Crippen molar-refractivity contribution in [3.05, 3.63) is 188 Å². The summed E-state index contributed by atoms with van der Waals surface area (Å²) in [5.41, 5.74) is 19.4. The van der Waals surface area contributed by atoms with Crippen LogP contribution in [0.15, 0.2) is 188 Å². The molecule has 53 heavy (non-hydrogen) atoms. The van der Waals surface area contributed by atoms with Gasteiger partial charge in [-0.05, 0) is 75.3 Å². The summed E-state index contributed by atoms with van der Waals surface area (Å²) in [7, 11) is 0. The van der Waals surface area contributed by atoms with Crippen LogP contribution < -0.4 is 5.73 Å². The van der Waals surface area contributed by atoms with Gasteiger partial charge in [-0.2, -0.15) is 0 Å². The van der Waals surface area contributed by atoms with Crippen molar-refractivity contribution < 1.29 is 0 Å². The van der Waals surface area contributed by atoms with Gasteiger partial charge in [0.25, 0.3) is 0 Å². The summed E-state index contributed by atoms with van der Waals surface area (Å²) in [6, 6.07) is 62.3.